The summed E-state index contributed by atoms with van der Waals surface area (Å²) in [5, 5.41) is 4.10. The van der Waals surface area contributed by atoms with E-state index in [4.69, 9.17) is 32.7 Å². The topological polar surface area (TPSA) is 67.9 Å². The van der Waals surface area contributed by atoms with Crippen molar-refractivity contribution < 1.29 is 19.1 Å². The van der Waals surface area contributed by atoms with E-state index >= 15 is 0 Å². The molecule has 2 amide bonds. The van der Waals surface area contributed by atoms with E-state index < -0.39 is 22.8 Å². The number of alkyl carbamates (subject to hydrolysis) is 1. The van der Waals surface area contributed by atoms with Gasteiger partial charge in [0.15, 0.2) is 5.60 Å². The largest absolute Gasteiger partial charge is 0.444 e. The first-order chi connectivity index (χ1) is 13.4. The van der Waals surface area contributed by atoms with Gasteiger partial charge in [-0.3, -0.25) is 4.79 Å². The number of rotatable bonds is 2. The number of benzene rings is 1. The molecule has 1 N–H and O–H groups in total. The summed E-state index contributed by atoms with van der Waals surface area (Å²) in [5.74, 6) is -0.0409. The Morgan fingerprint density at radius 1 is 1.28 bits per heavy atom. The lowest BCUT2D eigenvalue weighted by Gasteiger charge is -2.47. The molecule has 1 saturated carbocycles. The van der Waals surface area contributed by atoms with E-state index in [9.17, 15) is 9.59 Å². The molecule has 29 heavy (non-hydrogen) atoms. The third kappa shape index (κ3) is 3.60. The van der Waals surface area contributed by atoms with Crippen molar-refractivity contribution in [2.45, 2.75) is 69.7 Å². The highest BCUT2D eigenvalue weighted by Gasteiger charge is 2.68. The molecular weight excluding hydrogens is 415 g/mol. The van der Waals surface area contributed by atoms with Crippen molar-refractivity contribution >= 4 is 35.2 Å². The number of carbonyl (C=O) groups is 2. The number of nitrogens with one attached hydrogen (secondary N) is 1. The quantitative estimate of drug-likeness (QED) is 0.745. The van der Waals surface area contributed by atoms with Crippen LogP contribution in [0, 0.1) is 0 Å². The van der Waals surface area contributed by atoms with E-state index in [0.717, 1.165) is 11.1 Å². The minimum Gasteiger partial charge on any atom is -0.444 e. The number of halogens is 2. The lowest BCUT2D eigenvalue weighted by molar-refractivity contribution is -0.158. The van der Waals surface area contributed by atoms with Crippen LogP contribution in [0.15, 0.2) is 12.1 Å². The molecule has 0 radical (unpaired) electrons. The monoisotopic (exact) mass is 440 g/mol. The Balaban J connectivity index is 1.46. The third-order valence-electron chi connectivity index (χ3n) is 5.98. The van der Waals surface area contributed by atoms with Crippen LogP contribution in [0.4, 0.5) is 4.79 Å². The van der Waals surface area contributed by atoms with Crippen molar-refractivity contribution in [3.8, 4) is 0 Å². The summed E-state index contributed by atoms with van der Waals surface area (Å²) in [7, 11) is 0. The summed E-state index contributed by atoms with van der Waals surface area (Å²) in [6.07, 6.45) is 1.14. The average molecular weight is 441 g/mol. The van der Waals surface area contributed by atoms with E-state index in [1.807, 2.05) is 38.7 Å². The molecule has 4 aliphatic rings. The predicted octanol–water partition coefficient (Wildman–Crippen LogP) is 4.27. The minimum absolute atomic E-state index is 0.0409. The second-order valence-electron chi connectivity index (χ2n) is 9.43. The van der Waals surface area contributed by atoms with E-state index in [0.29, 0.717) is 42.5 Å². The maximum Gasteiger partial charge on any atom is 0.408 e. The fourth-order valence-corrected chi connectivity index (χ4v) is 5.52. The minimum atomic E-state index is -0.875. The molecule has 1 aromatic carbocycles. The van der Waals surface area contributed by atoms with Gasteiger partial charge in [-0.25, -0.2) is 4.79 Å². The van der Waals surface area contributed by atoms with E-state index in [-0.39, 0.29) is 11.9 Å². The van der Waals surface area contributed by atoms with E-state index in [1.165, 1.54) is 0 Å². The van der Waals surface area contributed by atoms with Crippen molar-refractivity contribution in [3.05, 3.63) is 33.3 Å². The number of fused-ring (bicyclic) bond motifs is 2. The van der Waals surface area contributed by atoms with Crippen molar-refractivity contribution in [3.63, 3.8) is 0 Å². The zero-order chi connectivity index (χ0) is 21.2. The van der Waals surface area contributed by atoms with E-state index in [1.54, 1.807) is 6.07 Å². The summed E-state index contributed by atoms with van der Waals surface area (Å²) in [6.45, 7) is 8.33. The van der Waals surface area contributed by atoms with Gasteiger partial charge in [0.2, 0.25) is 0 Å². The lowest BCUT2D eigenvalue weighted by atomic mass is 9.67. The van der Waals surface area contributed by atoms with Crippen molar-refractivity contribution in [2.75, 3.05) is 13.2 Å². The Bertz CT molecular complexity index is 874. The highest BCUT2D eigenvalue weighted by Crippen LogP contribution is 2.53. The van der Waals surface area contributed by atoms with Crippen LogP contribution >= 0.6 is 23.2 Å². The van der Waals surface area contributed by atoms with Crippen LogP contribution in [0.2, 0.25) is 10.0 Å². The Morgan fingerprint density at radius 3 is 2.62 bits per heavy atom. The highest BCUT2D eigenvalue weighted by atomic mass is 35.5. The van der Waals surface area contributed by atoms with Gasteiger partial charge >= 0.3 is 6.09 Å². The number of hydrogen-bond donors (Lipinski definition) is 1. The summed E-state index contributed by atoms with van der Waals surface area (Å²) in [6, 6.07) is 3.48. The predicted molar refractivity (Wildman–Crippen MR) is 110 cm³/mol. The third-order valence-corrected chi connectivity index (χ3v) is 6.51. The van der Waals surface area contributed by atoms with E-state index in [2.05, 4.69) is 5.32 Å². The van der Waals surface area contributed by atoms with Crippen LogP contribution in [-0.2, 0) is 20.7 Å². The Hall–Kier alpha value is -1.50. The van der Waals surface area contributed by atoms with Gasteiger partial charge in [0.25, 0.3) is 5.91 Å². The normalized spacial score (nSPS) is 30.4. The molecule has 0 spiro atoms. The van der Waals surface area contributed by atoms with Crippen molar-refractivity contribution in [1.29, 1.82) is 0 Å². The number of hydrogen-bond acceptors (Lipinski definition) is 4. The van der Waals surface area contributed by atoms with Crippen molar-refractivity contribution in [1.82, 2.24) is 10.2 Å². The second-order valence-corrected chi connectivity index (χ2v) is 10.3. The molecule has 2 bridgehead atoms. The van der Waals surface area contributed by atoms with Gasteiger partial charge in [0.05, 0.1) is 18.2 Å². The number of nitrogens with zero attached hydrogens (tertiary/aromatic N) is 1. The Morgan fingerprint density at radius 2 is 1.97 bits per heavy atom. The zero-order valence-corrected chi connectivity index (χ0v) is 18.6. The smallest absolute Gasteiger partial charge is 0.408 e. The Kier molecular flexibility index (Phi) is 4.84. The van der Waals surface area contributed by atoms with Gasteiger partial charge in [-0.05, 0) is 57.4 Å². The fraction of sp³-hybridized carbons (Fsp3) is 0.619. The Labute approximate surface area is 180 Å². The number of ether oxygens (including phenoxy) is 2. The molecular formula is C21H26Cl2N2O4. The van der Waals surface area contributed by atoms with Crippen LogP contribution in [0.3, 0.4) is 0 Å². The van der Waals surface area contributed by atoms with Crippen molar-refractivity contribution in [2.24, 2.45) is 0 Å². The molecule has 158 valence electrons. The second kappa shape index (κ2) is 6.76. The van der Waals surface area contributed by atoms with Gasteiger partial charge in [0, 0.05) is 29.4 Å². The molecule has 6 nitrogen and oxygen atoms in total. The van der Waals surface area contributed by atoms with Crippen LogP contribution in [0.25, 0.3) is 0 Å². The molecule has 3 heterocycles. The van der Waals surface area contributed by atoms with Gasteiger partial charge in [-0.2, -0.15) is 0 Å². The molecule has 3 fully saturated rings. The van der Waals surface area contributed by atoms with Crippen LogP contribution in [0.5, 0.6) is 0 Å². The fourth-order valence-electron chi connectivity index (χ4n) is 4.82. The summed E-state index contributed by atoms with van der Waals surface area (Å²) in [4.78, 5) is 27.4. The molecule has 8 heteroatoms. The molecule has 2 saturated heterocycles. The molecule has 1 aromatic rings. The number of carbonyl (C=O) groups excluding carboxylic acids is 2. The van der Waals surface area contributed by atoms with Gasteiger partial charge in [-0.1, -0.05) is 23.2 Å². The molecule has 1 aliphatic carbocycles. The summed E-state index contributed by atoms with van der Waals surface area (Å²) in [5.41, 5.74) is 0.0519. The molecule has 5 rings (SSSR count). The SMILES string of the molecule is C[C@H]1c2c(Cl)cc(Cl)cc2CCN1C(=O)C12CC(NC(=O)OC(C)(C)C)(CO1)C2. The maximum absolute atomic E-state index is 13.4. The van der Waals surface area contributed by atoms with Crippen LogP contribution in [0.1, 0.15) is 57.7 Å². The summed E-state index contributed by atoms with van der Waals surface area (Å²) < 4.78 is 11.3. The lowest BCUT2D eigenvalue weighted by Crippen LogP contribution is -2.65. The first-order valence-corrected chi connectivity index (χ1v) is 10.6. The first-order valence-electron chi connectivity index (χ1n) is 9.88. The molecule has 0 unspecified atom stereocenters. The van der Waals surface area contributed by atoms with Crippen LogP contribution < -0.4 is 5.32 Å². The van der Waals surface area contributed by atoms with Gasteiger partial charge < -0.3 is 19.7 Å². The molecule has 1 atom stereocenters. The van der Waals surface area contributed by atoms with Crippen LogP contribution in [-0.4, -0.2) is 46.8 Å². The molecule has 3 aliphatic heterocycles. The van der Waals surface area contributed by atoms with Gasteiger partial charge in [-0.15, -0.1) is 0 Å². The highest BCUT2D eigenvalue weighted by molar-refractivity contribution is 6.35. The van der Waals surface area contributed by atoms with Gasteiger partial charge in [0.1, 0.15) is 5.60 Å². The maximum atomic E-state index is 13.4. The number of amides is 2. The average Bonchev–Trinajstić information content (AvgIpc) is 3.08. The molecule has 0 aromatic heterocycles. The zero-order valence-electron chi connectivity index (χ0n) is 17.1. The standard InChI is InChI=1S/C21H26Cl2N2O4/c1-12-16-13(7-14(22)8-15(16)23)5-6-25(12)17(26)21-9-20(10-21,11-28-21)24-18(27)29-19(2,3)4/h7-8,12H,5-6,9-11H2,1-4H3,(H,24,27)/t12-,20?,21?/m0/s1. The summed E-state index contributed by atoms with van der Waals surface area (Å²) >= 11 is 12.6. The first kappa shape index (κ1) is 20.8.